The van der Waals surface area contributed by atoms with Gasteiger partial charge >= 0.3 is 0 Å². The van der Waals surface area contributed by atoms with Gasteiger partial charge in [-0.05, 0) is 42.4 Å². The summed E-state index contributed by atoms with van der Waals surface area (Å²) < 4.78 is 10.7. The van der Waals surface area contributed by atoms with Crippen molar-refractivity contribution in [1.29, 1.82) is 0 Å². The maximum atomic E-state index is 10.9. The van der Waals surface area contributed by atoms with Gasteiger partial charge in [-0.1, -0.05) is 11.6 Å². The molecule has 0 bridgehead atoms. The van der Waals surface area contributed by atoms with Crippen LogP contribution in [-0.2, 0) is 11.3 Å². The lowest BCUT2D eigenvalue weighted by molar-refractivity contribution is -0.119. The highest BCUT2D eigenvalue weighted by atomic mass is 35.5. The lowest BCUT2D eigenvalue weighted by Crippen LogP contribution is -2.30. The molecular weight excluding hydrogens is 365 g/mol. The van der Waals surface area contributed by atoms with E-state index in [0.717, 1.165) is 37.5 Å². The molecule has 140 valence electrons. The van der Waals surface area contributed by atoms with E-state index in [1.165, 1.54) is 6.42 Å². The number of hydrogen-bond acceptors (Lipinski definition) is 5. The van der Waals surface area contributed by atoms with E-state index in [2.05, 4.69) is 4.90 Å². The number of halogens is 2. The summed E-state index contributed by atoms with van der Waals surface area (Å²) in [6.07, 6.45) is 2.38. The molecule has 0 aromatic heterocycles. The fourth-order valence-electron chi connectivity index (χ4n) is 3.93. The number of benzene rings is 1. The van der Waals surface area contributed by atoms with Crippen LogP contribution >= 0.6 is 24.0 Å². The molecule has 1 aromatic carbocycles. The van der Waals surface area contributed by atoms with Gasteiger partial charge in [0.05, 0.1) is 12.1 Å². The van der Waals surface area contributed by atoms with Crippen molar-refractivity contribution in [2.75, 3.05) is 26.8 Å². The lowest BCUT2D eigenvalue weighted by Gasteiger charge is -2.20. The number of rotatable bonds is 6. The highest BCUT2D eigenvalue weighted by Gasteiger charge is 2.40. The fourth-order valence-corrected chi connectivity index (χ4v) is 4.22. The minimum atomic E-state index is -0.558. The van der Waals surface area contributed by atoms with E-state index >= 15 is 0 Å². The first-order valence-electron chi connectivity index (χ1n) is 8.23. The highest BCUT2D eigenvalue weighted by Crippen LogP contribution is 2.40. The Hall–Kier alpha value is -1.21. The van der Waals surface area contributed by atoms with E-state index in [0.29, 0.717) is 28.5 Å². The van der Waals surface area contributed by atoms with Crippen LogP contribution in [0.15, 0.2) is 12.1 Å². The van der Waals surface area contributed by atoms with Crippen LogP contribution in [0.3, 0.4) is 0 Å². The van der Waals surface area contributed by atoms with Gasteiger partial charge in [-0.2, -0.15) is 0 Å². The third-order valence-corrected chi connectivity index (χ3v) is 5.32. The van der Waals surface area contributed by atoms with Crippen molar-refractivity contribution in [3.8, 4) is 11.5 Å². The number of nitrogens with zero attached hydrogens (tertiary/aromatic N) is 1. The summed E-state index contributed by atoms with van der Waals surface area (Å²) in [6, 6.07) is 4.09. The van der Waals surface area contributed by atoms with Gasteiger partial charge in [-0.15, -0.1) is 12.4 Å². The van der Waals surface area contributed by atoms with Gasteiger partial charge in [-0.3, -0.25) is 9.69 Å². The zero-order chi connectivity index (χ0) is 17.3. The molecule has 4 N–H and O–H groups in total. The summed E-state index contributed by atoms with van der Waals surface area (Å²) in [5.74, 6) is 1.63. The molecule has 1 amide bonds. The van der Waals surface area contributed by atoms with Crippen molar-refractivity contribution in [2.45, 2.75) is 25.4 Å². The van der Waals surface area contributed by atoms with Gasteiger partial charge in [-0.25, -0.2) is 0 Å². The molecule has 2 aliphatic rings. The largest absolute Gasteiger partial charge is 0.493 e. The van der Waals surface area contributed by atoms with Gasteiger partial charge in [0.25, 0.3) is 5.91 Å². The zero-order valence-corrected chi connectivity index (χ0v) is 15.8. The standard InChI is InChI=1S/C17H24ClN3O3.ClH/c1-23-15-5-10(4-13(18)17(15)24-9-16(20)22)6-21-7-11-2-3-14(19)12(11)8-21;/h4-5,11-12,14H,2-3,6-9,19H2,1H3,(H2,20,22);1H. The van der Waals surface area contributed by atoms with E-state index < -0.39 is 5.91 Å². The molecule has 1 saturated carbocycles. The van der Waals surface area contributed by atoms with Crippen molar-refractivity contribution in [1.82, 2.24) is 4.90 Å². The lowest BCUT2D eigenvalue weighted by atomic mass is 9.98. The maximum absolute atomic E-state index is 10.9. The van der Waals surface area contributed by atoms with Gasteiger partial charge in [0, 0.05) is 25.7 Å². The Morgan fingerprint density at radius 1 is 1.36 bits per heavy atom. The molecule has 3 unspecified atom stereocenters. The average Bonchev–Trinajstić information content (AvgIpc) is 3.07. The molecule has 0 spiro atoms. The third-order valence-electron chi connectivity index (χ3n) is 5.04. The van der Waals surface area contributed by atoms with Crippen molar-refractivity contribution in [3.63, 3.8) is 0 Å². The molecule has 1 heterocycles. The van der Waals surface area contributed by atoms with Crippen LogP contribution in [0.1, 0.15) is 18.4 Å². The third kappa shape index (κ3) is 4.50. The number of ether oxygens (including phenoxy) is 2. The van der Waals surface area contributed by atoms with Crippen molar-refractivity contribution < 1.29 is 14.3 Å². The second kappa shape index (κ2) is 8.45. The maximum Gasteiger partial charge on any atom is 0.255 e. The van der Waals surface area contributed by atoms with Crippen LogP contribution in [0.5, 0.6) is 11.5 Å². The second-order valence-electron chi connectivity index (χ2n) is 6.72. The first-order chi connectivity index (χ1) is 11.5. The Bertz CT molecular complexity index is 629. The van der Waals surface area contributed by atoms with Gasteiger partial charge < -0.3 is 20.9 Å². The quantitative estimate of drug-likeness (QED) is 0.773. The summed E-state index contributed by atoms with van der Waals surface area (Å²) in [6.45, 7) is 2.68. The molecule has 1 aliphatic heterocycles. The van der Waals surface area contributed by atoms with Crippen LogP contribution in [0.25, 0.3) is 0 Å². The minimum absolute atomic E-state index is 0. The number of likely N-dealkylation sites (tertiary alicyclic amines) is 1. The van der Waals surface area contributed by atoms with E-state index in [1.807, 2.05) is 12.1 Å². The average molecular weight is 390 g/mol. The first-order valence-corrected chi connectivity index (χ1v) is 8.61. The van der Waals surface area contributed by atoms with Crippen molar-refractivity contribution in [3.05, 3.63) is 22.7 Å². The zero-order valence-electron chi connectivity index (χ0n) is 14.2. The highest BCUT2D eigenvalue weighted by molar-refractivity contribution is 6.32. The topological polar surface area (TPSA) is 90.8 Å². The molecule has 6 nitrogen and oxygen atoms in total. The number of carbonyl (C=O) groups is 1. The molecule has 1 saturated heterocycles. The number of nitrogens with two attached hydrogens (primary N) is 2. The summed E-state index contributed by atoms with van der Waals surface area (Å²) in [5.41, 5.74) is 12.4. The molecule has 8 heteroatoms. The van der Waals surface area contributed by atoms with E-state index in [4.69, 9.17) is 32.5 Å². The predicted molar refractivity (Wildman–Crippen MR) is 99.4 cm³/mol. The molecule has 0 radical (unpaired) electrons. The molecular formula is C17H25Cl2N3O3. The van der Waals surface area contributed by atoms with Gasteiger partial charge in [0.2, 0.25) is 0 Å². The Labute approximate surface area is 159 Å². The molecule has 1 aromatic rings. The van der Waals surface area contributed by atoms with E-state index in [-0.39, 0.29) is 19.0 Å². The SMILES string of the molecule is COc1cc(CN2CC3CCC(N)C3C2)cc(Cl)c1OCC(N)=O.Cl. The monoisotopic (exact) mass is 389 g/mol. The molecule has 3 atom stereocenters. The molecule has 3 rings (SSSR count). The summed E-state index contributed by atoms with van der Waals surface area (Å²) in [7, 11) is 1.55. The van der Waals surface area contributed by atoms with Crippen molar-refractivity contribution in [2.24, 2.45) is 23.3 Å². The van der Waals surface area contributed by atoms with Crippen molar-refractivity contribution >= 4 is 29.9 Å². The fraction of sp³-hybridized carbons (Fsp3) is 0.588. The number of fused-ring (bicyclic) bond motifs is 1. The predicted octanol–water partition coefficient (Wildman–Crippen LogP) is 1.80. The first kappa shape index (κ1) is 20.1. The number of carbonyl (C=O) groups excluding carboxylic acids is 1. The normalized spacial score (nSPS) is 25.3. The Kier molecular flexibility index (Phi) is 6.79. The minimum Gasteiger partial charge on any atom is -0.493 e. The van der Waals surface area contributed by atoms with Crippen LogP contribution in [0.2, 0.25) is 5.02 Å². The number of hydrogen-bond donors (Lipinski definition) is 2. The smallest absolute Gasteiger partial charge is 0.255 e. The second-order valence-corrected chi connectivity index (χ2v) is 7.13. The van der Waals surface area contributed by atoms with E-state index in [1.54, 1.807) is 7.11 Å². The summed E-state index contributed by atoms with van der Waals surface area (Å²) in [5, 5.41) is 0.418. The van der Waals surface area contributed by atoms with Crippen LogP contribution in [-0.4, -0.2) is 43.7 Å². The summed E-state index contributed by atoms with van der Waals surface area (Å²) in [4.78, 5) is 13.3. The van der Waals surface area contributed by atoms with Gasteiger partial charge in [0.15, 0.2) is 18.1 Å². The van der Waals surface area contributed by atoms with Crippen LogP contribution in [0, 0.1) is 11.8 Å². The number of amides is 1. The molecule has 2 fully saturated rings. The van der Waals surface area contributed by atoms with Crippen LogP contribution in [0.4, 0.5) is 0 Å². The van der Waals surface area contributed by atoms with Gasteiger partial charge in [0.1, 0.15) is 0 Å². The Balaban J connectivity index is 0.00000225. The summed E-state index contributed by atoms with van der Waals surface area (Å²) >= 11 is 6.31. The molecule has 25 heavy (non-hydrogen) atoms. The Morgan fingerprint density at radius 3 is 2.76 bits per heavy atom. The van der Waals surface area contributed by atoms with E-state index in [9.17, 15) is 4.79 Å². The Morgan fingerprint density at radius 2 is 2.12 bits per heavy atom. The molecule has 1 aliphatic carbocycles. The van der Waals surface area contributed by atoms with Crippen LogP contribution < -0.4 is 20.9 Å². The number of methoxy groups -OCH3 is 1. The number of primary amides is 1.